The van der Waals surface area contributed by atoms with Crippen LogP contribution in [0.1, 0.15) is 38.4 Å². The van der Waals surface area contributed by atoms with Crippen molar-refractivity contribution in [1.29, 1.82) is 0 Å². The van der Waals surface area contributed by atoms with E-state index in [0.29, 0.717) is 30.8 Å². The van der Waals surface area contributed by atoms with Gasteiger partial charge in [0.05, 0.1) is 30.0 Å². The van der Waals surface area contributed by atoms with E-state index in [2.05, 4.69) is 46.7 Å². The van der Waals surface area contributed by atoms with Crippen LogP contribution in [0.25, 0.3) is 0 Å². The highest BCUT2D eigenvalue weighted by Crippen LogP contribution is 2.33. The maximum atomic E-state index is 6.15. The normalized spacial score (nSPS) is 21.1. The van der Waals surface area contributed by atoms with Gasteiger partial charge in [-0.15, -0.1) is 0 Å². The summed E-state index contributed by atoms with van der Waals surface area (Å²) in [5.41, 5.74) is 0.766. The van der Waals surface area contributed by atoms with Gasteiger partial charge in [0.15, 0.2) is 5.82 Å². The summed E-state index contributed by atoms with van der Waals surface area (Å²) < 4.78 is 11.7. The van der Waals surface area contributed by atoms with Gasteiger partial charge in [-0.1, -0.05) is 32.4 Å². The van der Waals surface area contributed by atoms with Crippen molar-refractivity contribution in [2.45, 2.75) is 32.3 Å². The molecular formula is C12H16BrClN2O2. The minimum absolute atomic E-state index is 0.115. The van der Waals surface area contributed by atoms with E-state index in [-0.39, 0.29) is 11.5 Å². The Morgan fingerprint density at radius 2 is 2.00 bits per heavy atom. The molecule has 100 valence electrons. The summed E-state index contributed by atoms with van der Waals surface area (Å²) in [4.78, 5) is 8.85. The summed E-state index contributed by atoms with van der Waals surface area (Å²) in [6.07, 6.45) is -0.231. The van der Waals surface area contributed by atoms with Crippen LogP contribution in [0.15, 0.2) is 4.47 Å². The molecule has 1 atom stereocenters. The fourth-order valence-electron chi connectivity index (χ4n) is 1.71. The molecule has 0 spiro atoms. The summed E-state index contributed by atoms with van der Waals surface area (Å²) in [5, 5.41) is 0.416. The molecule has 0 radical (unpaired) electrons. The molecule has 0 bridgehead atoms. The molecule has 1 saturated heterocycles. The fraction of sp³-hybridized carbons (Fsp3) is 0.667. The van der Waals surface area contributed by atoms with Gasteiger partial charge >= 0.3 is 0 Å². The van der Waals surface area contributed by atoms with Crippen LogP contribution in [0.5, 0.6) is 0 Å². The van der Waals surface area contributed by atoms with Crippen molar-refractivity contribution < 1.29 is 9.47 Å². The van der Waals surface area contributed by atoms with E-state index in [1.807, 2.05) is 0 Å². The molecule has 1 unspecified atom stereocenters. The molecule has 2 rings (SSSR count). The van der Waals surface area contributed by atoms with E-state index in [4.69, 9.17) is 21.1 Å². The van der Waals surface area contributed by atoms with Gasteiger partial charge in [-0.25, -0.2) is 9.97 Å². The zero-order valence-electron chi connectivity index (χ0n) is 10.7. The maximum absolute atomic E-state index is 6.15. The highest BCUT2D eigenvalue weighted by atomic mass is 79.9. The van der Waals surface area contributed by atoms with Crippen molar-refractivity contribution in [3.63, 3.8) is 0 Å². The first-order valence-corrected chi connectivity index (χ1v) is 6.99. The van der Waals surface area contributed by atoms with E-state index in [0.717, 1.165) is 10.2 Å². The van der Waals surface area contributed by atoms with Gasteiger partial charge in [0, 0.05) is 5.41 Å². The third kappa shape index (κ3) is 3.02. The minimum atomic E-state index is -0.231. The number of rotatable bonds is 1. The molecule has 1 aromatic heterocycles. The number of aromatic nitrogens is 2. The van der Waals surface area contributed by atoms with Crippen LogP contribution in [0.2, 0.25) is 5.15 Å². The fourth-order valence-corrected chi connectivity index (χ4v) is 2.66. The first-order chi connectivity index (χ1) is 8.39. The molecule has 1 aliphatic rings. The first kappa shape index (κ1) is 14.2. The quantitative estimate of drug-likeness (QED) is 0.739. The van der Waals surface area contributed by atoms with Crippen LogP contribution >= 0.6 is 27.5 Å². The Balaban J connectivity index is 2.40. The minimum Gasteiger partial charge on any atom is -0.376 e. The Morgan fingerprint density at radius 1 is 1.28 bits per heavy atom. The van der Waals surface area contributed by atoms with Gasteiger partial charge in [0.25, 0.3) is 0 Å². The Morgan fingerprint density at radius 3 is 2.56 bits per heavy atom. The van der Waals surface area contributed by atoms with E-state index in [1.54, 1.807) is 0 Å². The van der Waals surface area contributed by atoms with Gasteiger partial charge < -0.3 is 9.47 Å². The molecule has 4 nitrogen and oxygen atoms in total. The highest BCUT2D eigenvalue weighted by molar-refractivity contribution is 9.10. The van der Waals surface area contributed by atoms with E-state index >= 15 is 0 Å². The highest BCUT2D eigenvalue weighted by Gasteiger charge is 2.26. The molecule has 0 aliphatic carbocycles. The van der Waals surface area contributed by atoms with Crippen LogP contribution in [0, 0.1) is 0 Å². The Hall–Kier alpha value is -0.230. The standard InChI is InChI=1S/C12H16BrClN2O2/c1-12(2,3)9-8(13)10(14)16-11(15-9)7-6-17-4-5-18-7/h7H,4-6H2,1-3H3. The lowest BCUT2D eigenvalue weighted by Crippen LogP contribution is -2.25. The van der Waals surface area contributed by atoms with Gasteiger partial charge in [0.1, 0.15) is 11.3 Å². The van der Waals surface area contributed by atoms with Crippen LogP contribution < -0.4 is 0 Å². The van der Waals surface area contributed by atoms with Crippen molar-refractivity contribution in [2.24, 2.45) is 0 Å². The topological polar surface area (TPSA) is 44.2 Å². The van der Waals surface area contributed by atoms with E-state index in [9.17, 15) is 0 Å². The lowest BCUT2D eigenvalue weighted by atomic mass is 9.92. The smallest absolute Gasteiger partial charge is 0.161 e. The Bertz CT molecular complexity index is 442. The molecule has 1 fully saturated rings. The van der Waals surface area contributed by atoms with Crippen molar-refractivity contribution in [3.05, 3.63) is 21.1 Å². The van der Waals surface area contributed by atoms with Crippen molar-refractivity contribution >= 4 is 27.5 Å². The summed E-state index contributed by atoms with van der Waals surface area (Å²) >= 11 is 9.60. The van der Waals surface area contributed by atoms with Crippen molar-refractivity contribution in [3.8, 4) is 0 Å². The molecule has 2 heterocycles. The van der Waals surface area contributed by atoms with E-state index < -0.39 is 0 Å². The third-order valence-corrected chi connectivity index (χ3v) is 3.90. The zero-order valence-corrected chi connectivity index (χ0v) is 13.0. The van der Waals surface area contributed by atoms with Gasteiger partial charge in [-0.2, -0.15) is 0 Å². The summed E-state index contributed by atoms with van der Waals surface area (Å²) in [7, 11) is 0. The molecule has 1 aromatic rings. The number of hydrogen-bond donors (Lipinski definition) is 0. The summed E-state index contributed by atoms with van der Waals surface area (Å²) in [5.74, 6) is 0.591. The second-order valence-electron chi connectivity index (χ2n) is 5.22. The third-order valence-electron chi connectivity index (χ3n) is 2.64. The monoisotopic (exact) mass is 334 g/mol. The van der Waals surface area contributed by atoms with Crippen LogP contribution in [-0.4, -0.2) is 29.8 Å². The summed E-state index contributed by atoms with van der Waals surface area (Å²) in [6, 6.07) is 0. The molecule has 1 aliphatic heterocycles. The number of nitrogens with zero attached hydrogens (tertiary/aromatic N) is 2. The number of hydrogen-bond acceptors (Lipinski definition) is 4. The zero-order chi connectivity index (χ0) is 13.3. The molecule has 6 heteroatoms. The van der Waals surface area contributed by atoms with Crippen LogP contribution in [-0.2, 0) is 14.9 Å². The molecule has 18 heavy (non-hydrogen) atoms. The molecule has 0 N–H and O–H groups in total. The lowest BCUT2D eigenvalue weighted by molar-refractivity contribution is -0.0936. The second-order valence-corrected chi connectivity index (χ2v) is 6.37. The predicted octanol–water partition coefficient (Wildman–Crippen LogP) is 3.28. The van der Waals surface area contributed by atoms with E-state index in [1.165, 1.54) is 0 Å². The molecular weight excluding hydrogens is 320 g/mol. The largest absolute Gasteiger partial charge is 0.376 e. The van der Waals surface area contributed by atoms with Crippen LogP contribution in [0.3, 0.4) is 0 Å². The van der Waals surface area contributed by atoms with Crippen molar-refractivity contribution in [1.82, 2.24) is 9.97 Å². The van der Waals surface area contributed by atoms with Gasteiger partial charge in [-0.3, -0.25) is 0 Å². The van der Waals surface area contributed by atoms with Gasteiger partial charge in [-0.05, 0) is 15.9 Å². The Kier molecular flexibility index (Phi) is 4.26. The maximum Gasteiger partial charge on any atom is 0.161 e. The average Bonchev–Trinajstić information content (AvgIpc) is 2.32. The molecule has 0 amide bonds. The second kappa shape index (κ2) is 5.41. The van der Waals surface area contributed by atoms with Crippen molar-refractivity contribution in [2.75, 3.05) is 19.8 Å². The summed E-state index contributed by atoms with van der Waals surface area (Å²) in [6.45, 7) is 7.90. The molecule has 0 saturated carbocycles. The average molecular weight is 336 g/mol. The van der Waals surface area contributed by atoms with Crippen LogP contribution in [0.4, 0.5) is 0 Å². The predicted molar refractivity (Wildman–Crippen MR) is 73.0 cm³/mol. The Labute approximate surface area is 120 Å². The first-order valence-electron chi connectivity index (χ1n) is 5.82. The SMILES string of the molecule is CC(C)(C)c1nc(C2COCCO2)nc(Cl)c1Br. The lowest BCUT2D eigenvalue weighted by Gasteiger charge is -2.25. The van der Waals surface area contributed by atoms with Gasteiger partial charge in [0.2, 0.25) is 0 Å². The number of halogens is 2. The molecule has 0 aromatic carbocycles. The number of ether oxygens (including phenoxy) is 2.